The molecule has 4 nitrogen and oxygen atoms in total. The lowest BCUT2D eigenvalue weighted by molar-refractivity contribution is -0.274. The van der Waals surface area contributed by atoms with Crippen molar-refractivity contribution in [3.8, 4) is 11.5 Å². The van der Waals surface area contributed by atoms with Crippen LogP contribution in [0.2, 0.25) is 0 Å². The number of piperidine rings is 1. The lowest BCUT2D eigenvalue weighted by Crippen LogP contribution is -2.50. The van der Waals surface area contributed by atoms with Crippen LogP contribution < -0.4 is 9.47 Å². The van der Waals surface area contributed by atoms with Crippen molar-refractivity contribution in [2.75, 3.05) is 20.3 Å². The Morgan fingerprint density at radius 2 is 1.72 bits per heavy atom. The van der Waals surface area contributed by atoms with Gasteiger partial charge in [0.2, 0.25) is 0 Å². The third kappa shape index (κ3) is 5.22. The normalized spacial score (nSPS) is 24.7. The number of nitrogens with zero attached hydrogens (tertiary/aromatic N) is 1. The highest BCUT2D eigenvalue weighted by atomic mass is 19.4. The van der Waals surface area contributed by atoms with E-state index in [1.54, 1.807) is 6.07 Å². The van der Waals surface area contributed by atoms with E-state index in [-0.39, 0.29) is 17.7 Å². The minimum atomic E-state index is -4.75. The second kappa shape index (κ2) is 10.1. The SMILES string of the molecule is COc1ccc(OC(F)(F)F)cc1[C@@H]1CO[C@]2(CCCN(Cc3ccccc3)[C@H]2c2ccccc2)C1. The number of methoxy groups -OCH3 is 1. The van der Waals surface area contributed by atoms with Crippen molar-refractivity contribution in [2.45, 2.75) is 49.7 Å². The summed E-state index contributed by atoms with van der Waals surface area (Å²) in [6.07, 6.45) is -2.20. The summed E-state index contributed by atoms with van der Waals surface area (Å²) in [4.78, 5) is 2.48. The fourth-order valence-electron chi connectivity index (χ4n) is 5.91. The molecule has 7 heteroatoms. The minimum Gasteiger partial charge on any atom is -0.496 e. The zero-order valence-electron chi connectivity index (χ0n) is 20.2. The van der Waals surface area contributed by atoms with E-state index in [1.165, 1.54) is 30.4 Å². The first kappa shape index (κ1) is 24.7. The van der Waals surface area contributed by atoms with Gasteiger partial charge in [0, 0.05) is 18.0 Å². The van der Waals surface area contributed by atoms with Gasteiger partial charge in [-0.15, -0.1) is 13.2 Å². The molecule has 36 heavy (non-hydrogen) atoms. The van der Waals surface area contributed by atoms with E-state index in [4.69, 9.17) is 9.47 Å². The van der Waals surface area contributed by atoms with Gasteiger partial charge in [-0.25, -0.2) is 0 Å². The fourth-order valence-corrected chi connectivity index (χ4v) is 5.91. The first-order chi connectivity index (χ1) is 17.4. The van der Waals surface area contributed by atoms with Gasteiger partial charge < -0.3 is 14.2 Å². The Morgan fingerprint density at radius 3 is 2.42 bits per heavy atom. The molecule has 2 heterocycles. The Morgan fingerprint density at radius 1 is 1.00 bits per heavy atom. The first-order valence-corrected chi connectivity index (χ1v) is 12.3. The van der Waals surface area contributed by atoms with Crippen LogP contribution in [0.15, 0.2) is 78.9 Å². The van der Waals surface area contributed by atoms with Gasteiger partial charge in [0.1, 0.15) is 11.5 Å². The maximum atomic E-state index is 12.9. The van der Waals surface area contributed by atoms with Gasteiger partial charge in [0.15, 0.2) is 0 Å². The molecule has 3 aromatic rings. The molecule has 5 rings (SSSR count). The van der Waals surface area contributed by atoms with Gasteiger partial charge in [-0.1, -0.05) is 60.7 Å². The summed E-state index contributed by atoms with van der Waals surface area (Å²) in [5.41, 5.74) is 2.66. The monoisotopic (exact) mass is 497 g/mol. The number of hydrogen-bond acceptors (Lipinski definition) is 4. The molecule has 190 valence electrons. The second-order valence-corrected chi connectivity index (χ2v) is 9.60. The highest BCUT2D eigenvalue weighted by Gasteiger charge is 2.51. The van der Waals surface area contributed by atoms with E-state index < -0.39 is 12.0 Å². The van der Waals surface area contributed by atoms with Crippen molar-refractivity contribution >= 4 is 0 Å². The molecule has 0 aliphatic carbocycles. The van der Waals surface area contributed by atoms with Crippen molar-refractivity contribution in [2.24, 2.45) is 0 Å². The molecular weight excluding hydrogens is 467 g/mol. The van der Waals surface area contributed by atoms with Gasteiger partial charge in [0.05, 0.1) is 25.4 Å². The number of alkyl halides is 3. The van der Waals surface area contributed by atoms with Gasteiger partial charge >= 0.3 is 6.36 Å². The molecule has 0 radical (unpaired) electrons. The molecule has 2 aliphatic rings. The Labute approximate surface area is 209 Å². The molecule has 3 atom stereocenters. The van der Waals surface area contributed by atoms with E-state index in [0.29, 0.717) is 24.3 Å². The summed E-state index contributed by atoms with van der Waals surface area (Å²) < 4.78 is 55.1. The van der Waals surface area contributed by atoms with Gasteiger partial charge in [-0.3, -0.25) is 4.90 Å². The number of likely N-dealkylation sites (tertiary alicyclic amines) is 1. The van der Waals surface area contributed by atoms with Crippen LogP contribution >= 0.6 is 0 Å². The zero-order chi connectivity index (χ0) is 25.2. The van der Waals surface area contributed by atoms with Crippen molar-refractivity contribution in [3.63, 3.8) is 0 Å². The number of hydrogen-bond donors (Lipinski definition) is 0. The predicted molar refractivity (Wildman–Crippen MR) is 131 cm³/mol. The van der Waals surface area contributed by atoms with Crippen molar-refractivity contribution < 1.29 is 27.4 Å². The Kier molecular flexibility index (Phi) is 6.95. The van der Waals surface area contributed by atoms with E-state index in [9.17, 15) is 13.2 Å². The van der Waals surface area contributed by atoms with Gasteiger partial charge in [-0.05, 0) is 55.1 Å². The summed E-state index contributed by atoms with van der Waals surface area (Å²) in [5, 5.41) is 0. The summed E-state index contributed by atoms with van der Waals surface area (Å²) in [7, 11) is 1.53. The fraction of sp³-hybridized carbons (Fsp3) is 0.379. The smallest absolute Gasteiger partial charge is 0.496 e. The maximum Gasteiger partial charge on any atom is 0.573 e. The molecule has 1 spiro atoms. The van der Waals surface area contributed by atoms with E-state index in [2.05, 4.69) is 46.0 Å². The van der Waals surface area contributed by atoms with Crippen LogP contribution in [0.5, 0.6) is 11.5 Å². The van der Waals surface area contributed by atoms with E-state index >= 15 is 0 Å². The average molecular weight is 498 g/mol. The van der Waals surface area contributed by atoms with E-state index in [0.717, 1.165) is 25.9 Å². The second-order valence-electron chi connectivity index (χ2n) is 9.60. The molecule has 3 aromatic carbocycles. The van der Waals surface area contributed by atoms with Crippen LogP contribution in [0.1, 0.15) is 47.9 Å². The van der Waals surface area contributed by atoms with Crippen LogP contribution in [0, 0.1) is 0 Å². The highest BCUT2D eigenvalue weighted by Crippen LogP contribution is 2.53. The number of ether oxygens (including phenoxy) is 3. The molecular formula is C29H30F3NO3. The predicted octanol–water partition coefficient (Wildman–Crippen LogP) is 6.87. The maximum absolute atomic E-state index is 12.9. The summed E-state index contributed by atoms with van der Waals surface area (Å²) in [5.74, 6) is 0.191. The molecule has 2 saturated heterocycles. The quantitative estimate of drug-likeness (QED) is 0.372. The molecule has 0 bridgehead atoms. The molecule has 0 aromatic heterocycles. The minimum absolute atomic E-state index is 0.0262. The van der Waals surface area contributed by atoms with Crippen molar-refractivity contribution in [1.29, 1.82) is 0 Å². The van der Waals surface area contributed by atoms with Crippen molar-refractivity contribution in [3.05, 3.63) is 95.6 Å². The molecule has 2 aliphatic heterocycles. The Hall–Kier alpha value is -3.03. The zero-order valence-corrected chi connectivity index (χ0v) is 20.2. The average Bonchev–Trinajstić information content (AvgIpc) is 3.28. The summed E-state index contributed by atoms with van der Waals surface area (Å²) >= 11 is 0. The third-order valence-electron chi connectivity index (χ3n) is 7.29. The highest BCUT2D eigenvalue weighted by molar-refractivity contribution is 5.44. The number of halogens is 3. The summed E-state index contributed by atoms with van der Waals surface area (Å²) in [6, 6.07) is 25.1. The van der Waals surface area contributed by atoms with Crippen LogP contribution in [0.4, 0.5) is 13.2 Å². The van der Waals surface area contributed by atoms with Crippen LogP contribution in [-0.4, -0.2) is 37.1 Å². The number of benzene rings is 3. The lowest BCUT2D eigenvalue weighted by atomic mass is 9.75. The first-order valence-electron chi connectivity index (χ1n) is 12.3. The van der Waals surface area contributed by atoms with Crippen LogP contribution in [0.25, 0.3) is 0 Å². The van der Waals surface area contributed by atoms with Crippen LogP contribution in [-0.2, 0) is 11.3 Å². The topological polar surface area (TPSA) is 30.9 Å². The molecule has 2 fully saturated rings. The largest absolute Gasteiger partial charge is 0.573 e. The number of rotatable bonds is 6. The molecule has 0 unspecified atom stereocenters. The Bertz CT molecular complexity index is 1160. The molecule has 0 saturated carbocycles. The Balaban J connectivity index is 1.47. The van der Waals surface area contributed by atoms with Crippen LogP contribution in [0.3, 0.4) is 0 Å². The standard InChI is InChI=1S/C29H30F3NO3/c1-34-26-14-13-24(36-29(30,31)32)17-25(26)23-18-28(35-20-23)15-8-16-33(19-21-9-4-2-5-10-21)27(28)22-11-6-3-7-12-22/h2-7,9-14,17,23,27H,8,15-16,18-20H2,1H3/t23-,27-,28+/m0/s1. The van der Waals surface area contributed by atoms with Crippen molar-refractivity contribution in [1.82, 2.24) is 4.90 Å². The third-order valence-corrected chi connectivity index (χ3v) is 7.29. The van der Waals surface area contributed by atoms with Gasteiger partial charge in [-0.2, -0.15) is 0 Å². The van der Waals surface area contributed by atoms with E-state index in [1.807, 2.05) is 24.3 Å². The van der Waals surface area contributed by atoms with Gasteiger partial charge in [0.25, 0.3) is 0 Å². The lowest BCUT2D eigenvalue weighted by Gasteiger charge is -2.48. The molecule has 0 amide bonds. The summed E-state index contributed by atoms with van der Waals surface area (Å²) in [6.45, 7) is 2.16. The molecule has 0 N–H and O–H groups in total.